The molecule has 1 aromatic heterocycles. The third-order valence-corrected chi connectivity index (χ3v) is 7.64. The average molecular weight is 461 g/mol. The van der Waals surface area contributed by atoms with Crippen LogP contribution in [0.3, 0.4) is 0 Å². The van der Waals surface area contributed by atoms with Crippen molar-refractivity contribution in [3.63, 3.8) is 0 Å². The standard InChI is InChI=1S/C22H28N4O3S2/c1-5-13-26(14-6-2)31(28,29)18-11-12-19-20(15-18)30-22(23-19)24-21(27)16-7-9-17(10-8-16)25(3)4/h7-12,15H,5-6,13-14H2,1-4H3,(H,23,24,27). The first-order chi connectivity index (χ1) is 14.8. The first kappa shape index (κ1) is 23.2. The molecule has 0 atom stereocenters. The number of rotatable bonds is 9. The predicted octanol–water partition coefficient (Wildman–Crippen LogP) is 4.43. The minimum absolute atomic E-state index is 0.253. The predicted molar refractivity (Wildman–Crippen MR) is 128 cm³/mol. The van der Waals surface area contributed by atoms with Gasteiger partial charge >= 0.3 is 0 Å². The first-order valence-corrected chi connectivity index (χ1v) is 12.5. The summed E-state index contributed by atoms with van der Waals surface area (Å²) in [4.78, 5) is 19.2. The first-order valence-electron chi connectivity index (χ1n) is 10.3. The van der Waals surface area contributed by atoms with Gasteiger partial charge in [-0.25, -0.2) is 13.4 Å². The SMILES string of the molecule is CCCN(CCC)S(=O)(=O)c1ccc2nc(NC(=O)c3ccc(N(C)C)cc3)sc2c1. The molecule has 1 N–H and O–H groups in total. The normalized spacial score (nSPS) is 11.8. The number of benzene rings is 2. The summed E-state index contributed by atoms with van der Waals surface area (Å²) in [7, 11) is 0.314. The number of aromatic nitrogens is 1. The lowest BCUT2D eigenvalue weighted by atomic mass is 10.2. The minimum Gasteiger partial charge on any atom is -0.378 e. The van der Waals surface area contributed by atoms with Crippen molar-refractivity contribution in [1.29, 1.82) is 0 Å². The molecule has 0 unspecified atom stereocenters. The zero-order valence-electron chi connectivity index (χ0n) is 18.3. The van der Waals surface area contributed by atoms with Gasteiger partial charge in [0.15, 0.2) is 5.13 Å². The van der Waals surface area contributed by atoms with E-state index in [-0.39, 0.29) is 10.8 Å². The fourth-order valence-corrected chi connectivity index (χ4v) is 5.82. The van der Waals surface area contributed by atoms with Gasteiger partial charge in [0.05, 0.1) is 15.1 Å². The second-order valence-electron chi connectivity index (χ2n) is 7.45. The van der Waals surface area contributed by atoms with Gasteiger partial charge in [0.2, 0.25) is 10.0 Å². The number of nitrogens with zero attached hydrogens (tertiary/aromatic N) is 3. The van der Waals surface area contributed by atoms with Crippen LogP contribution in [0.4, 0.5) is 10.8 Å². The van der Waals surface area contributed by atoms with Crippen molar-refractivity contribution < 1.29 is 13.2 Å². The highest BCUT2D eigenvalue weighted by atomic mass is 32.2. The van der Waals surface area contributed by atoms with E-state index in [0.29, 0.717) is 34.0 Å². The van der Waals surface area contributed by atoms with Crippen molar-refractivity contribution in [3.8, 4) is 0 Å². The molecule has 0 saturated heterocycles. The molecule has 0 aliphatic heterocycles. The zero-order chi connectivity index (χ0) is 22.6. The number of carbonyl (C=O) groups is 1. The van der Waals surface area contributed by atoms with Crippen LogP contribution >= 0.6 is 11.3 Å². The van der Waals surface area contributed by atoms with E-state index in [9.17, 15) is 13.2 Å². The number of thiazole rings is 1. The summed E-state index contributed by atoms with van der Waals surface area (Å²) in [6, 6.07) is 12.2. The Hall–Kier alpha value is -2.49. The summed E-state index contributed by atoms with van der Waals surface area (Å²) in [5, 5.41) is 3.25. The van der Waals surface area contributed by atoms with Gasteiger partial charge in [0, 0.05) is 38.4 Å². The molecule has 9 heteroatoms. The number of sulfonamides is 1. The van der Waals surface area contributed by atoms with E-state index in [1.165, 1.54) is 15.6 Å². The molecule has 31 heavy (non-hydrogen) atoms. The highest BCUT2D eigenvalue weighted by Crippen LogP contribution is 2.29. The molecule has 0 bridgehead atoms. The molecule has 0 radical (unpaired) electrons. The molecular weight excluding hydrogens is 432 g/mol. The summed E-state index contributed by atoms with van der Waals surface area (Å²) in [5.74, 6) is -0.255. The Bertz CT molecular complexity index is 1150. The van der Waals surface area contributed by atoms with Gasteiger partial charge in [0.25, 0.3) is 5.91 Å². The molecule has 0 spiro atoms. The molecular formula is C22H28N4O3S2. The Morgan fingerprint density at radius 2 is 1.68 bits per heavy atom. The average Bonchev–Trinajstić information content (AvgIpc) is 3.15. The summed E-state index contributed by atoms with van der Waals surface area (Å²) >= 11 is 1.26. The lowest BCUT2D eigenvalue weighted by molar-refractivity contribution is 0.102. The molecule has 3 rings (SSSR count). The van der Waals surface area contributed by atoms with Gasteiger partial charge in [-0.05, 0) is 55.3 Å². The van der Waals surface area contributed by atoms with Crippen molar-refractivity contribution in [2.24, 2.45) is 0 Å². The fraction of sp³-hybridized carbons (Fsp3) is 0.364. The number of hydrogen-bond donors (Lipinski definition) is 1. The van der Waals surface area contributed by atoms with E-state index in [2.05, 4.69) is 10.3 Å². The van der Waals surface area contributed by atoms with Crippen molar-refractivity contribution in [2.75, 3.05) is 37.4 Å². The molecule has 2 aromatic carbocycles. The maximum Gasteiger partial charge on any atom is 0.257 e. The number of fused-ring (bicyclic) bond motifs is 1. The lowest BCUT2D eigenvalue weighted by Crippen LogP contribution is -2.32. The monoisotopic (exact) mass is 460 g/mol. The largest absolute Gasteiger partial charge is 0.378 e. The van der Waals surface area contributed by atoms with Crippen molar-refractivity contribution in [2.45, 2.75) is 31.6 Å². The van der Waals surface area contributed by atoms with E-state index in [1.807, 2.05) is 45.0 Å². The van der Waals surface area contributed by atoms with Crippen molar-refractivity contribution in [1.82, 2.24) is 9.29 Å². The van der Waals surface area contributed by atoms with E-state index in [1.54, 1.807) is 30.3 Å². The van der Waals surface area contributed by atoms with Crippen LogP contribution in [0.2, 0.25) is 0 Å². The summed E-state index contributed by atoms with van der Waals surface area (Å²) in [5.41, 5.74) is 2.19. The molecule has 3 aromatic rings. The van der Waals surface area contributed by atoms with Gasteiger partial charge in [-0.2, -0.15) is 4.31 Å². The van der Waals surface area contributed by atoms with Gasteiger partial charge in [-0.3, -0.25) is 10.1 Å². The highest BCUT2D eigenvalue weighted by Gasteiger charge is 2.24. The molecule has 0 aliphatic rings. The second kappa shape index (κ2) is 9.76. The molecule has 1 heterocycles. The quantitative estimate of drug-likeness (QED) is 0.511. The molecule has 0 saturated carbocycles. The number of carbonyl (C=O) groups excluding carboxylic acids is 1. The third-order valence-electron chi connectivity index (χ3n) is 4.81. The topological polar surface area (TPSA) is 82.6 Å². The molecule has 166 valence electrons. The number of hydrogen-bond acceptors (Lipinski definition) is 6. The van der Waals surface area contributed by atoms with Gasteiger partial charge in [-0.15, -0.1) is 0 Å². The molecule has 1 amide bonds. The molecule has 7 nitrogen and oxygen atoms in total. The van der Waals surface area contributed by atoms with E-state index in [0.717, 1.165) is 18.5 Å². The van der Waals surface area contributed by atoms with Crippen LogP contribution in [0, 0.1) is 0 Å². The van der Waals surface area contributed by atoms with Crippen molar-refractivity contribution in [3.05, 3.63) is 48.0 Å². The van der Waals surface area contributed by atoms with E-state index in [4.69, 9.17) is 0 Å². The van der Waals surface area contributed by atoms with Gasteiger partial charge in [-0.1, -0.05) is 25.2 Å². The third kappa shape index (κ3) is 5.23. The fourth-order valence-electron chi connectivity index (χ4n) is 3.20. The molecule has 0 fully saturated rings. The highest BCUT2D eigenvalue weighted by molar-refractivity contribution is 7.89. The lowest BCUT2D eigenvalue weighted by Gasteiger charge is -2.20. The molecule has 0 aliphatic carbocycles. The summed E-state index contributed by atoms with van der Waals surface area (Å²) in [6.07, 6.45) is 1.52. The zero-order valence-corrected chi connectivity index (χ0v) is 19.9. The Morgan fingerprint density at radius 3 is 2.26 bits per heavy atom. The number of anilines is 2. The van der Waals surface area contributed by atoms with Crippen LogP contribution < -0.4 is 10.2 Å². The maximum atomic E-state index is 13.0. The Balaban J connectivity index is 1.82. The maximum absolute atomic E-state index is 13.0. The van der Waals surface area contributed by atoms with Gasteiger partial charge in [0.1, 0.15) is 0 Å². The Morgan fingerprint density at radius 1 is 1.03 bits per heavy atom. The van der Waals surface area contributed by atoms with E-state index < -0.39 is 10.0 Å². The Labute approximate surface area is 187 Å². The minimum atomic E-state index is -3.56. The van der Waals surface area contributed by atoms with Crippen LogP contribution in [-0.4, -0.2) is 50.8 Å². The summed E-state index contributed by atoms with van der Waals surface area (Å²) < 4.78 is 28.3. The number of nitrogens with one attached hydrogen (secondary N) is 1. The van der Waals surface area contributed by atoms with Crippen LogP contribution in [0.15, 0.2) is 47.4 Å². The van der Waals surface area contributed by atoms with E-state index >= 15 is 0 Å². The van der Waals surface area contributed by atoms with Gasteiger partial charge < -0.3 is 4.90 Å². The number of amides is 1. The van der Waals surface area contributed by atoms with Crippen molar-refractivity contribution >= 4 is 48.3 Å². The summed E-state index contributed by atoms with van der Waals surface area (Å²) in [6.45, 7) is 4.91. The van der Waals surface area contributed by atoms with Crippen LogP contribution in [0.1, 0.15) is 37.0 Å². The van der Waals surface area contributed by atoms with Crippen LogP contribution in [0.25, 0.3) is 10.2 Å². The van der Waals surface area contributed by atoms with Crippen LogP contribution in [-0.2, 0) is 10.0 Å². The smallest absolute Gasteiger partial charge is 0.257 e. The Kier molecular flexibility index (Phi) is 7.30. The van der Waals surface area contributed by atoms with Crippen LogP contribution in [0.5, 0.6) is 0 Å². The second-order valence-corrected chi connectivity index (χ2v) is 10.4.